The molecule has 190 valence electrons. The first-order chi connectivity index (χ1) is 18.5. The van der Waals surface area contributed by atoms with E-state index in [-0.39, 0.29) is 24.0 Å². The van der Waals surface area contributed by atoms with Crippen molar-refractivity contribution in [3.63, 3.8) is 0 Å². The number of methoxy groups -OCH3 is 1. The maximum Gasteiger partial charge on any atom is 0.296 e. The number of nitriles is 1. The number of anilines is 1. The molecule has 1 unspecified atom stereocenters. The lowest BCUT2D eigenvalue weighted by molar-refractivity contribution is -0.384. The van der Waals surface area contributed by atoms with Crippen LogP contribution in [0.3, 0.4) is 0 Å². The van der Waals surface area contributed by atoms with Crippen LogP contribution < -0.4 is 19.1 Å². The van der Waals surface area contributed by atoms with E-state index in [9.17, 15) is 20.2 Å². The Hall–Kier alpha value is -5.04. The maximum absolute atomic E-state index is 13.6. The predicted molar refractivity (Wildman–Crippen MR) is 137 cm³/mol. The van der Waals surface area contributed by atoms with Crippen molar-refractivity contribution in [1.29, 1.82) is 5.26 Å². The van der Waals surface area contributed by atoms with Gasteiger partial charge < -0.3 is 18.8 Å². The van der Waals surface area contributed by atoms with Gasteiger partial charge in [0.05, 0.1) is 35.7 Å². The van der Waals surface area contributed by atoms with E-state index in [1.807, 2.05) is 18.2 Å². The van der Waals surface area contributed by atoms with Crippen molar-refractivity contribution in [3.05, 3.63) is 93.4 Å². The van der Waals surface area contributed by atoms with Crippen molar-refractivity contribution in [2.24, 2.45) is 0 Å². The Morgan fingerprint density at radius 2 is 1.89 bits per heavy atom. The molecular formula is C28H22N4O6. The Kier molecular flexibility index (Phi) is 5.61. The maximum atomic E-state index is 13.6. The zero-order chi connectivity index (χ0) is 26.4. The van der Waals surface area contributed by atoms with Crippen LogP contribution in [-0.2, 0) is 4.79 Å². The monoisotopic (exact) mass is 510 g/mol. The fourth-order valence-corrected chi connectivity index (χ4v) is 5.42. The second kappa shape index (κ2) is 9.12. The minimum Gasteiger partial charge on any atom is -0.496 e. The van der Waals surface area contributed by atoms with Gasteiger partial charge in [0, 0.05) is 30.1 Å². The molecule has 2 aliphatic heterocycles. The zero-order valence-corrected chi connectivity index (χ0v) is 20.4. The first-order valence-electron chi connectivity index (χ1n) is 12.1. The van der Waals surface area contributed by atoms with Gasteiger partial charge >= 0.3 is 0 Å². The van der Waals surface area contributed by atoms with Gasteiger partial charge in [-0.1, -0.05) is 6.07 Å². The number of hydrogen-bond acceptors (Lipinski definition) is 8. The van der Waals surface area contributed by atoms with E-state index in [1.165, 1.54) is 13.2 Å². The van der Waals surface area contributed by atoms with Gasteiger partial charge in [0.15, 0.2) is 17.3 Å². The molecule has 2 aromatic carbocycles. The number of ketones is 1. The van der Waals surface area contributed by atoms with Gasteiger partial charge in [0.2, 0.25) is 6.79 Å². The molecule has 1 aromatic heterocycles. The lowest BCUT2D eigenvalue weighted by atomic mass is 9.75. The number of aromatic nitrogens is 1. The number of hydrogen-bond donors (Lipinski definition) is 0. The number of benzene rings is 2. The molecule has 0 radical (unpaired) electrons. The lowest BCUT2D eigenvalue weighted by Gasteiger charge is -2.41. The summed E-state index contributed by atoms with van der Waals surface area (Å²) in [6.45, 7) is 0.0980. The Bertz CT molecular complexity index is 1580. The Labute approximate surface area is 217 Å². The number of nitrogens with zero attached hydrogens (tertiary/aromatic N) is 4. The summed E-state index contributed by atoms with van der Waals surface area (Å²) in [5.74, 6) is 1.13. The molecule has 1 aliphatic carbocycles. The number of carbonyl (C=O) groups excluding carboxylic acids is 1. The average molecular weight is 511 g/mol. The quantitative estimate of drug-likeness (QED) is 0.342. The molecule has 3 aromatic rings. The molecular weight excluding hydrogens is 488 g/mol. The van der Waals surface area contributed by atoms with Crippen LogP contribution in [0.1, 0.15) is 30.7 Å². The summed E-state index contributed by atoms with van der Waals surface area (Å²) in [7, 11) is 1.44. The summed E-state index contributed by atoms with van der Waals surface area (Å²) >= 11 is 0. The number of ether oxygens (including phenoxy) is 3. The van der Waals surface area contributed by atoms with E-state index in [0.29, 0.717) is 64.7 Å². The van der Waals surface area contributed by atoms with Crippen molar-refractivity contribution in [1.82, 2.24) is 4.57 Å². The Balaban J connectivity index is 1.67. The summed E-state index contributed by atoms with van der Waals surface area (Å²) in [6, 6.07) is 16.0. The highest BCUT2D eigenvalue weighted by atomic mass is 16.7. The van der Waals surface area contributed by atoms with Gasteiger partial charge in [0.1, 0.15) is 17.3 Å². The van der Waals surface area contributed by atoms with Crippen molar-refractivity contribution in [3.8, 4) is 23.3 Å². The minimum atomic E-state index is -0.678. The molecule has 0 fully saturated rings. The van der Waals surface area contributed by atoms with E-state index in [1.54, 1.807) is 46.1 Å². The lowest BCUT2D eigenvalue weighted by Crippen LogP contribution is -2.37. The smallest absolute Gasteiger partial charge is 0.296 e. The number of fused-ring (bicyclic) bond motifs is 1. The van der Waals surface area contributed by atoms with E-state index < -0.39 is 10.8 Å². The first-order valence-corrected chi connectivity index (χ1v) is 12.1. The second-order valence-corrected chi connectivity index (χ2v) is 9.07. The molecule has 0 amide bonds. The van der Waals surface area contributed by atoms with Crippen LogP contribution in [-0.4, -0.2) is 29.2 Å². The van der Waals surface area contributed by atoms with Crippen LogP contribution in [0.2, 0.25) is 0 Å². The fraction of sp³-hybridized carbons (Fsp3) is 0.214. The number of allylic oxidation sites excluding steroid dienone is 3. The fourth-order valence-electron chi connectivity index (χ4n) is 5.42. The third kappa shape index (κ3) is 3.59. The van der Waals surface area contributed by atoms with E-state index in [2.05, 4.69) is 6.07 Å². The van der Waals surface area contributed by atoms with E-state index in [0.717, 1.165) is 0 Å². The van der Waals surface area contributed by atoms with Gasteiger partial charge in [-0.2, -0.15) is 5.26 Å². The third-order valence-electron chi connectivity index (χ3n) is 7.05. The largest absolute Gasteiger partial charge is 0.496 e. The normalized spacial score (nSPS) is 18.4. The van der Waals surface area contributed by atoms with Crippen LogP contribution in [0.4, 0.5) is 11.4 Å². The van der Waals surface area contributed by atoms with Gasteiger partial charge in [-0.05, 0) is 54.8 Å². The number of nitro groups is 1. The highest BCUT2D eigenvalue weighted by molar-refractivity contribution is 6.03. The Morgan fingerprint density at radius 1 is 1.11 bits per heavy atom. The van der Waals surface area contributed by atoms with Crippen molar-refractivity contribution in [2.75, 3.05) is 18.8 Å². The average Bonchev–Trinajstić information content (AvgIpc) is 3.63. The van der Waals surface area contributed by atoms with Crippen LogP contribution >= 0.6 is 0 Å². The first kappa shape index (κ1) is 23.4. The molecule has 0 N–H and O–H groups in total. The third-order valence-corrected chi connectivity index (χ3v) is 7.05. The van der Waals surface area contributed by atoms with Crippen molar-refractivity contribution >= 4 is 23.0 Å². The van der Waals surface area contributed by atoms with Crippen LogP contribution in [0.5, 0.6) is 17.2 Å². The molecule has 10 heteroatoms. The summed E-state index contributed by atoms with van der Waals surface area (Å²) < 4.78 is 18.1. The van der Waals surface area contributed by atoms with Gasteiger partial charge in [-0.25, -0.2) is 0 Å². The molecule has 6 rings (SSSR count). The van der Waals surface area contributed by atoms with Crippen LogP contribution in [0.15, 0.2) is 77.8 Å². The van der Waals surface area contributed by atoms with E-state index in [4.69, 9.17) is 14.2 Å². The molecule has 1 atom stereocenters. The number of Topliss-reactive ketones (excluding diaryl/α,β-unsaturated/α-hetero) is 1. The molecule has 0 bridgehead atoms. The molecule has 3 aliphatic rings. The number of rotatable bonds is 5. The molecule has 38 heavy (non-hydrogen) atoms. The van der Waals surface area contributed by atoms with Crippen molar-refractivity contribution < 1.29 is 23.9 Å². The summed E-state index contributed by atoms with van der Waals surface area (Å²) in [5.41, 5.74) is 2.16. The van der Waals surface area contributed by atoms with Gasteiger partial charge in [-0.15, -0.1) is 0 Å². The van der Waals surface area contributed by atoms with Gasteiger partial charge in [-0.3, -0.25) is 19.8 Å². The second-order valence-electron chi connectivity index (χ2n) is 9.07. The Morgan fingerprint density at radius 3 is 2.63 bits per heavy atom. The number of carbonyl (C=O) groups is 1. The van der Waals surface area contributed by atoms with Crippen molar-refractivity contribution in [2.45, 2.75) is 25.2 Å². The minimum absolute atomic E-state index is 0.0885. The van der Waals surface area contributed by atoms with Crippen LogP contribution in [0.25, 0.3) is 5.82 Å². The summed E-state index contributed by atoms with van der Waals surface area (Å²) in [6.07, 6.45) is 4.99. The summed E-state index contributed by atoms with van der Waals surface area (Å²) in [5, 5.41) is 22.8. The zero-order valence-electron chi connectivity index (χ0n) is 20.4. The molecule has 0 saturated heterocycles. The highest BCUT2D eigenvalue weighted by Gasteiger charge is 2.43. The van der Waals surface area contributed by atoms with Crippen LogP contribution in [0, 0.1) is 21.4 Å². The predicted octanol–water partition coefficient (Wildman–Crippen LogP) is 5.14. The molecule has 3 heterocycles. The topological polar surface area (TPSA) is 120 Å². The molecule has 10 nitrogen and oxygen atoms in total. The molecule has 0 spiro atoms. The molecule has 0 saturated carbocycles. The highest BCUT2D eigenvalue weighted by Crippen LogP contribution is 2.51. The number of nitro benzene ring substituents is 1. The van der Waals surface area contributed by atoms with E-state index >= 15 is 0 Å². The SMILES string of the molecule is COc1ccc(N2C3=C(C(=O)CCC3)C(c3ccc4c(c3)OCO4)C(C#N)=C2n2cccc2)c([N+](=O)[O-])c1. The standard InChI is InChI=1S/C28H22N4O6/c1-36-18-8-9-20(22(14-18)32(34)35)31-21-5-4-6-23(33)27(21)26(17-7-10-24-25(13-17)38-16-37-24)19(15-29)28(31)30-11-2-3-12-30/h2-3,7-14,26H,4-6,16H2,1H3. The summed E-state index contributed by atoms with van der Waals surface area (Å²) in [4.78, 5) is 27.0. The van der Waals surface area contributed by atoms with Gasteiger partial charge in [0.25, 0.3) is 5.69 Å².